The molecule has 0 saturated carbocycles. The lowest BCUT2D eigenvalue weighted by atomic mass is 10.0. The Hall–Kier alpha value is -4.17. The lowest BCUT2D eigenvalue weighted by molar-refractivity contribution is -0.143. The van der Waals surface area contributed by atoms with Crippen molar-refractivity contribution in [3.8, 4) is 5.82 Å². The molecule has 2 aromatic heterocycles. The average molecular weight is 530 g/mol. The molecular formula is C22H20F6N6O3. The molecule has 0 fully saturated rings. The van der Waals surface area contributed by atoms with Crippen molar-refractivity contribution in [1.29, 1.82) is 0 Å². The van der Waals surface area contributed by atoms with Crippen LogP contribution in [0.3, 0.4) is 0 Å². The summed E-state index contributed by atoms with van der Waals surface area (Å²) in [5, 5.41) is 6.63. The quantitative estimate of drug-likeness (QED) is 0.379. The number of carbonyl (C=O) groups is 2. The van der Waals surface area contributed by atoms with Gasteiger partial charge >= 0.3 is 18.3 Å². The fraction of sp³-hybridized carbons (Fsp3) is 0.318. The summed E-state index contributed by atoms with van der Waals surface area (Å²) in [4.78, 5) is 34.4. The minimum absolute atomic E-state index is 0.0656. The van der Waals surface area contributed by atoms with Crippen LogP contribution in [-0.2, 0) is 17.1 Å². The lowest BCUT2D eigenvalue weighted by Gasteiger charge is -2.17. The van der Waals surface area contributed by atoms with Gasteiger partial charge in [-0.25, -0.2) is 9.78 Å². The molecule has 0 bridgehead atoms. The van der Waals surface area contributed by atoms with Crippen molar-refractivity contribution in [3.63, 3.8) is 0 Å². The number of rotatable bonds is 6. The number of aromatic nitrogens is 4. The number of alkyl halides is 6. The molecule has 0 aliphatic rings. The molecule has 0 aliphatic heterocycles. The van der Waals surface area contributed by atoms with Crippen LogP contribution < -0.4 is 10.2 Å². The van der Waals surface area contributed by atoms with E-state index in [0.29, 0.717) is 12.1 Å². The summed E-state index contributed by atoms with van der Waals surface area (Å²) in [7, 11) is 4.45. The van der Waals surface area contributed by atoms with Crippen LogP contribution in [0.1, 0.15) is 50.6 Å². The van der Waals surface area contributed by atoms with E-state index in [-0.39, 0.29) is 29.2 Å². The topological polar surface area (TPSA) is 102 Å². The Morgan fingerprint density at radius 2 is 1.59 bits per heavy atom. The Morgan fingerprint density at radius 1 is 1.00 bits per heavy atom. The minimum atomic E-state index is -5.11. The summed E-state index contributed by atoms with van der Waals surface area (Å²) in [6.45, 7) is 1.42. The van der Waals surface area contributed by atoms with Gasteiger partial charge in [-0.15, -0.1) is 5.10 Å². The second kappa shape index (κ2) is 10.1. The van der Waals surface area contributed by atoms with Crippen molar-refractivity contribution in [2.24, 2.45) is 0 Å². The first-order valence-electron chi connectivity index (χ1n) is 10.4. The van der Waals surface area contributed by atoms with E-state index < -0.39 is 47.0 Å². The molecule has 1 amide bonds. The van der Waals surface area contributed by atoms with E-state index >= 15 is 0 Å². The highest BCUT2D eigenvalue weighted by Crippen LogP contribution is 2.36. The van der Waals surface area contributed by atoms with E-state index in [0.717, 1.165) is 0 Å². The molecule has 1 N–H and O–H groups in total. The number of hydrogen-bond acceptors (Lipinski definition) is 7. The van der Waals surface area contributed by atoms with Crippen LogP contribution in [0.2, 0.25) is 0 Å². The zero-order valence-corrected chi connectivity index (χ0v) is 19.8. The summed E-state index contributed by atoms with van der Waals surface area (Å²) in [5.41, 5.74) is -3.93. The van der Waals surface area contributed by atoms with Gasteiger partial charge in [-0.3, -0.25) is 4.79 Å². The van der Waals surface area contributed by atoms with Gasteiger partial charge in [-0.2, -0.15) is 36.0 Å². The number of esters is 1. The molecular weight excluding hydrogens is 510 g/mol. The fourth-order valence-corrected chi connectivity index (χ4v) is 3.13. The monoisotopic (exact) mass is 530 g/mol. The van der Waals surface area contributed by atoms with Gasteiger partial charge in [0.2, 0.25) is 5.95 Å². The van der Waals surface area contributed by atoms with Crippen molar-refractivity contribution in [1.82, 2.24) is 25.1 Å². The van der Waals surface area contributed by atoms with Crippen molar-refractivity contribution in [2.45, 2.75) is 25.3 Å². The van der Waals surface area contributed by atoms with Crippen molar-refractivity contribution in [2.75, 3.05) is 26.1 Å². The molecule has 0 radical (unpaired) electrons. The van der Waals surface area contributed by atoms with Gasteiger partial charge < -0.3 is 15.0 Å². The molecule has 198 valence electrons. The third-order valence-electron chi connectivity index (χ3n) is 4.99. The maximum Gasteiger partial charge on any atom is 0.416 e. The highest BCUT2D eigenvalue weighted by molar-refractivity contribution is 5.95. The molecule has 0 spiro atoms. The number of carbonyl (C=O) groups excluding carboxylic acids is 2. The molecule has 0 aliphatic carbocycles. The van der Waals surface area contributed by atoms with Gasteiger partial charge in [0.25, 0.3) is 5.91 Å². The number of ether oxygens (including phenoxy) is 1. The minimum Gasteiger partial charge on any atom is -0.465 e. The smallest absolute Gasteiger partial charge is 0.416 e. The number of amides is 1. The summed E-state index contributed by atoms with van der Waals surface area (Å²) in [5.74, 6) is -1.42. The van der Waals surface area contributed by atoms with Crippen LogP contribution >= 0.6 is 0 Å². The maximum atomic E-state index is 13.2. The summed E-state index contributed by atoms with van der Waals surface area (Å²) < 4.78 is 84.9. The van der Waals surface area contributed by atoms with Gasteiger partial charge in [-0.1, -0.05) is 0 Å². The molecule has 15 heteroatoms. The maximum absolute atomic E-state index is 13.2. The van der Waals surface area contributed by atoms with Crippen LogP contribution in [0.5, 0.6) is 0 Å². The Morgan fingerprint density at radius 3 is 2.05 bits per heavy atom. The van der Waals surface area contributed by atoms with Gasteiger partial charge in [0.15, 0.2) is 11.6 Å². The van der Waals surface area contributed by atoms with Gasteiger partial charge in [0.05, 0.1) is 29.8 Å². The molecule has 3 rings (SSSR count). The molecule has 0 unspecified atom stereocenters. The van der Waals surface area contributed by atoms with Crippen molar-refractivity contribution < 1.29 is 40.7 Å². The Bertz CT molecular complexity index is 1270. The highest BCUT2D eigenvalue weighted by Gasteiger charge is 2.37. The predicted molar refractivity (Wildman–Crippen MR) is 117 cm³/mol. The first-order valence-corrected chi connectivity index (χ1v) is 10.4. The zero-order valence-electron chi connectivity index (χ0n) is 19.8. The van der Waals surface area contributed by atoms with Crippen LogP contribution in [0.15, 0.2) is 36.5 Å². The zero-order chi connectivity index (χ0) is 27.7. The summed E-state index contributed by atoms with van der Waals surface area (Å²) in [6.07, 6.45) is -9.00. The number of pyridine rings is 1. The Kier molecular flexibility index (Phi) is 7.46. The standard InChI is InChI=1S/C22H20F6N6O3/c1-11(30-18(35)13-7-14(21(23,24)25)9-15(8-13)22(26,27)28)17-31-20(33(2)3)32-34(17)16-6-5-12(10-29-16)19(36)37-4/h5-11H,1-4H3,(H,30,35)/t11-/m0/s1. The number of nitrogens with one attached hydrogen (secondary N) is 1. The van der Waals surface area contributed by atoms with Crippen LogP contribution in [0.25, 0.3) is 5.82 Å². The number of benzene rings is 1. The van der Waals surface area contributed by atoms with E-state index in [4.69, 9.17) is 0 Å². The Balaban J connectivity index is 1.98. The number of anilines is 1. The summed E-state index contributed by atoms with van der Waals surface area (Å²) >= 11 is 0. The summed E-state index contributed by atoms with van der Waals surface area (Å²) in [6, 6.07) is 2.38. The SMILES string of the molecule is COC(=O)c1ccc(-n2nc(N(C)C)nc2[C@H](C)NC(=O)c2cc(C(F)(F)F)cc(C(F)(F)F)c2)nc1. The van der Waals surface area contributed by atoms with Crippen LogP contribution in [0, 0.1) is 0 Å². The van der Waals surface area contributed by atoms with E-state index in [9.17, 15) is 35.9 Å². The van der Waals surface area contributed by atoms with Gasteiger partial charge in [0.1, 0.15) is 0 Å². The fourth-order valence-electron chi connectivity index (χ4n) is 3.13. The molecule has 1 atom stereocenters. The molecule has 1 aromatic carbocycles. The first kappa shape index (κ1) is 27.4. The highest BCUT2D eigenvalue weighted by atomic mass is 19.4. The van der Waals surface area contributed by atoms with E-state index in [2.05, 4.69) is 25.1 Å². The molecule has 3 aromatic rings. The molecule has 2 heterocycles. The number of nitrogens with zero attached hydrogens (tertiary/aromatic N) is 5. The number of methoxy groups -OCH3 is 1. The van der Waals surface area contributed by atoms with E-state index in [1.54, 1.807) is 14.1 Å². The van der Waals surface area contributed by atoms with Crippen molar-refractivity contribution in [3.05, 3.63) is 64.6 Å². The van der Waals surface area contributed by atoms with Crippen molar-refractivity contribution >= 4 is 17.8 Å². The third-order valence-corrected chi connectivity index (χ3v) is 4.99. The van der Waals surface area contributed by atoms with Gasteiger partial charge in [-0.05, 0) is 37.3 Å². The normalized spacial score (nSPS) is 12.7. The predicted octanol–water partition coefficient (Wildman–Crippen LogP) is 4.04. The third kappa shape index (κ3) is 6.16. The van der Waals surface area contributed by atoms with Gasteiger partial charge in [0, 0.05) is 25.9 Å². The first-order chi connectivity index (χ1) is 17.1. The molecule has 37 heavy (non-hydrogen) atoms. The number of hydrogen-bond donors (Lipinski definition) is 1. The molecule has 0 saturated heterocycles. The van der Waals surface area contributed by atoms with E-state index in [1.807, 2.05) is 0 Å². The molecule has 9 nitrogen and oxygen atoms in total. The lowest BCUT2D eigenvalue weighted by Crippen LogP contribution is -2.29. The van der Waals surface area contributed by atoms with E-state index in [1.165, 1.54) is 41.9 Å². The average Bonchev–Trinajstić information content (AvgIpc) is 3.28. The second-order valence-electron chi connectivity index (χ2n) is 7.96. The second-order valence-corrected chi connectivity index (χ2v) is 7.96. The van der Waals surface area contributed by atoms with Crippen LogP contribution in [-0.4, -0.2) is 52.8 Å². The number of halogens is 6. The van der Waals surface area contributed by atoms with Crippen LogP contribution in [0.4, 0.5) is 32.3 Å². The Labute approximate surface area is 206 Å². The largest absolute Gasteiger partial charge is 0.465 e.